The molecule has 0 unspecified atom stereocenters. The third-order valence-corrected chi connectivity index (χ3v) is 2.34. The molecule has 0 atom stereocenters. The summed E-state index contributed by atoms with van der Waals surface area (Å²) in [5, 5.41) is 11.0. The number of Topliss-reactive ketones (excluding diaryl/α,β-unsaturated/α-hetero) is 1. The Morgan fingerprint density at radius 2 is 1.94 bits per heavy atom. The van der Waals surface area contributed by atoms with Crippen LogP contribution in [0, 0.1) is 0 Å². The van der Waals surface area contributed by atoms with E-state index in [-0.39, 0.29) is 16.5 Å². The fraction of sp³-hybridized carbons (Fsp3) is 0.0833. The Morgan fingerprint density at radius 3 is 2.50 bits per heavy atom. The molecular weight excluding hydrogens is 258 g/mol. The van der Waals surface area contributed by atoms with Gasteiger partial charge in [0, 0.05) is 17.7 Å². The number of carbonyl (C=O) groups is 3. The van der Waals surface area contributed by atoms with Gasteiger partial charge < -0.3 is 10.4 Å². The first-order valence-corrected chi connectivity index (χ1v) is 5.30. The number of hydrogen-bond donors (Lipinski definition) is 2. The molecule has 94 valence electrons. The fourth-order valence-corrected chi connectivity index (χ4v) is 1.33. The normalized spacial score (nSPS) is 10.3. The van der Waals surface area contributed by atoms with Gasteiger partial charge in [0.2, 0.25) is 5.91 Å². The molecule has 6 heteroatoms. The van der Waals surface area contributed by atoms with Crippen molar-refractivity contribution >= 4 is 34.9 Å². The van der Waals surface area contributed by atoms with E-state index >= 15 is 0 Å². The van der Waals surface area contributed by atoms with Crippen LogP contribution < -0.4 is 5.32 Å². The van der Waals surface area contributed by atoms with Crippen molar-refractivity contribution in [3.8, 4) is 0 Å². The molecule has 1 aromatic carbocycles. The summed E-state index contributed by atoms with van der Waals surface area (Å²) in [6, 6.07) is 4.44. The predicted octanol–water partition coefficient (Wildman–Crippen LogP) is 2.12. The van der Waals surface area contributed by atoms with Gasteiger partial charge in [0.05, 0.1) is 10.7 Å². The summed E-state index contributed by atoms with van der Waals surface area (Å²) in [7, 11) is 0. The van der Waals surface area contributed by atoms with Gasteiger partial charge in [0.1, 0.15) is 0 Å². The van der Waals surface area contributed by atoms with Crippen molar-refractivity contribution in [2.24, 2.45) is 0 Å². The molecule has 0 saturated carbocycles. The number of nitrogens with one attached hydrogen (secondary N) is 1. The van der Waals surface area contributed by atoms with Crippen molar-refractivity contribution < 1.29 is 19.5 Å². The Morgan fingerprint density at radius 1 is 1.28 bits per heavy atom. The monoisotopic (exact) mass is 267 g/mol. The van der Waals surface area contributed by atoms with Gasteiger partial charge >= 0.3 is 5.97 Å². The summed E-state index contributed by atoms with van der Waals surface area (Å²) in [5.74, 6) is -2.03. The third-order valence-electron chi connectivity index (χ3n) is 2.01. The van der Waals surface area contributed by atoms with E-state index in [4.69, 9.17) is 16.7 Å². The Hall–Kier alpha value is -2.14. The lowest BCUT2D eigenvalue weighted by Crippen LogP contribution is -2.09. The number of anilines is 1. The van der Waals surface area contributed by atoms with Gasteiger partial charge in [-0.25, -0.2) is 4.79 Å². The molecule has 0 bridgehead atoms. The van der Waals surface area contributed by atoms with E-state index in [0.29, 0.717) is 11.6 Å². The molecule has 0 aliphatic rings. The van der Waals surface area contributed by atoms with Crippen LogP contribution in [0.5, 0.6) is 0 Å². The lowest BCUT2D eigenvalue weighted by molar-refractivity contribution is -0.131. The number of amides is 1. The summed E-state index contributed by atoms with van der Waals surface area (Å²) >= 11 is 5.84. The van der Waals surface area contributed by atoms with Crippen LogP contribution in [0.4, 0.5) is 5.69 Å². The molecule has 1 aromatic rings. The Labute approximate surface area is 108 Å². The van der Waals surface area contributed by atoms with Crippen LogP contribution in [0.15, 0.2) is 30.4 Å². The second kappa shape index (κ2) is 5.97. The first-order chi connectivity index (χ1) is 8.40. The van der Waals surface area contributed by atoms with Crippen LogP contribution in [-0.2, 0) is 9.59 Å². The number of halogens is 1. The predicted molar refractivity (Wildman–Crippen MR) is 66.9 cm³/mol. The van der Waals surface area contributed by atoms with Gasteiger partial charge in [-0.05, 0) is 25.1 Å². The van der Waals surface area contributed by atoms with Gasteiger partial charge in [0.25, 0.3) is 0 Å². The molecule has 0 heterocycles. The van der Waals surface area contributed by atoms with Gasteiger partial charge in [-0.15, -0.1) is 0 Å². The molecule has 5 nitrogen and oxygen atoms in total. The second-order valence-electron chi connectivity index (χ2n) is 3.41. The summed E-state index contributed by atoms with van der Waals surface area (Å²) in [5.41, 5.74) is 0.654. The van der Waals surface area contributed by atoms with E-state index in [1.54, 1.807) is 0 Å². The molecule has 2 N–H and O–H groups in total. The highest BCUT2D eigenvalue weighted by Crippen LogP contribution is 2.23. The zero-order valence-electron chi connectivity index (χ0n) is 9.44. The van der Waals surface area contributed by atoms with E-state index < -0.39 is 11.9 Å². The maximum Gasteiger partial charge on any atom is 0.328 e. The summed E-state index contributed by atoms with van der Waals surface area (Å²) < 4.78 is 0. The van der Waals surface area contributed by atoms with Crippen molar-refractivity contribution in [2.75, 3.05) is 5.32 Å². The highest BCUT2D eigenvalue weighted by Gasteiger charge is 2.07. The average molecular weight is 268 g/mol. The Balaban J connectivity index is 2.90. The van der Waals surface area contributed by atoms with Crippen LogP contribution in [0.1, 0.15) is 17.3 Å². The molecule has 0 saturated heterocycles. The highest BCUT2D eigenvalue weighted by atomic mass is 35.5. The number of ketones is 1. The standard InChI is InChI=1S/C12H10ClNO4/c1-7(15)8-2-3-9(13)10(6-8)14-11(16)4-5-12(17)18/h2-6H,1H3,(H,14,16)(H,17,18). The lowest BCUT2D eigenvalue weighted by Gasteiger charge is -2.06. The SMILES string of the molecule is CC(=O)c1ccc(Cl)c(NC(=O)C=CC(=O)O)c1. The topological polar surface area (TPSA) is 83.5 Å². The molecule has 0 aliphatic heterocycles. The maximum atomic E-state index is 11.3. The zero-order valence-corrected chi connectivity index (χ0v) is 10.2. The van der Waals surface area contributed by atoms with Gasteiger partial charge in [-0.1, -0.05) is 11.6 Å². The van der Waals surface area contributed by atoms with E-state index in [1.165, 1.54) is 25.1 Å². The zero-order chi connectivity index (χ0) is 13.7. The fourth-order valence-electron chi connectivity index (χ4n) is 1.16. The molecule has 0 radical (unpaired) electrons. The second-order valence-corrected chi connectivity index (χ2v) is 3.82. The molecule has 0 fully saturated rings. The smallest absolute Gasteiger partial charge is 0.328 e. The molecular formula is C12H10ClNO4. The van der Waals surface area contributed by atoms with Crippen molar-refractivity contribution in [1.29, 1.82) is 0 Å². The van der Waals surface area contributed by atoms with E-state index in [9.17, 15) is 14.4 Å². The van der Waals surface area contributed by atoms with Crippen LogP contribution in [0.2, 0.25) is 5.02 Å². The van der Waals surface area contributed by atoms with Crippen LogP contribution in [0.3, 0.4) is 0 Å². The first kappa shape index (κ1) is 13.9. The van der Waals surface area contributed by atoms with Gasteiger partial charge in [-0.2, -0.15) is 0 Å². The van der Waals surface area contributed by atoms with Crippen LogP contribution in [0.25, 0.3) is 0 Å². The molecule has 0 aliphatic carbocycles. The summed E-state index contributed by atoms with van der Waals surface area (Å²) in [6.45, 7) is 1.39. The van der Waals surface area contributed by atoms with Crippen LogP contribution in [-0.4, -0.2) is 22.8 Å². The number of aliphatic carboxylic acids is 1. The van der Waals surface area contributed by atoms with Gasteiger partial charge in [0.15, 0.2) is 5.78 Å². The molecule has 18 heavy (non-hydrogen) atoms. The molecule has 1 rings (SSSR count). The number of rotatable bonds is 4. The average Bonchev–Trinajstić information content (AvgIpc) is 2.29. The Bertz CT molecular complexity index is 537. The number of carboxylic acid groups (broad SMARTS) is 1. The third kappa shape index (κ3) is 4.03. The number of benzene rings is 1. The van der Waals surface area contributed by atoms with Crippen molar-refractivity contribution in [3.05, 3.63) is 40.9 Å². The molecule has 0 spiro atoms. The Kier molecular flexibility index (Phi) is 4.62. The highest BCUT2D eigenvalue weighted by molar-refractivity contribution is 6.34. The lowest BCUT2D eigenvalue weighted by atomic mass is 10.1. The molecule has 1 amide bonds. The minimum absolute atomic E-state index is 0.164. The minimum atomic E-state index is -1.23. The number of carboxylic acids is 1. The number of carbonyl (C=O) groups excluding carboxylic acids is 2. The van der Waals surface area contributed by atoms with E-state index in [0.717, 1.165) is 6.08 Å². The largest absolute Gasteiger partial charge is 0.478 e. The molecule has 0 aromatic heterocycles. The van der Waals surface area contributed by atoms with Crippen LogP contribution >= 0.6 is 11.6 Å². The van der Waals surface area contributed by atoms with E-state index in [1.807, 2.05) is 0 Å². The van der Waals surface area contributed by atoms with Crippen molar-refractivity contribution in [1.82, 2.24) is 0 Å². The summed E-state index contributed by atoms with van der Waals surface area (Å²) in [6.07, 6.45) is 1.57. The van der Waals surface area contributed by atoms with Gasteiger partial charge in [-0.3, -0.25) is 9.59 Å². The minimum Gasteiger partial charge on any atom is -0.478 e. The maximum absolute atomic E-state index is 11.3. The van der Waals surface area contributed by atoms with Crippen molar-refractivity contribution in [2.45, 2.75) is 6.92 Å². The quantitative estimate of drug-likeness (QED) is 0.646. The summed E-state index contributed by atoms with van der Waals surface area (Å²) in [4.78, 5) is 32.7. The van der Waals surface area contributed by atoms with E-state index in [2.05, 4.69) is 5.32 Å². The number of hydrogen-bond acceptors (Lipinski definition) is 3. The van der Waals surface area contributed by atoms with Crippen molar-refractivity contribution in [3.63, 3.8) is 0 Å². The first-order valence-electron chi connectivity index (χ1n) is 4.92.